The number of rotatable bonds is 5. The van der Waals surface area contributed by atoms with E-state index in [4.69, 9.17) is 19.9 Å². The van der Waals surface area contributed by atoms with Crippen molar-refractivity contribution < 1.29 is 0 Å². The van der Waals surface area contributed by atoms with Gasteiger partial charge < -0.3 is 0 Å². The number of pyridine rings is 1. The molecule has 0 unspecified atom stereocenters. The molecule has 0 N–H and O–H groups in total. The number of benzene rings is 7. The topological polar surface area (TPSA) is 75.3 Å². The first kappa shape index (κ1) is 29.1. The van der Waals surface area contributed by atoms with Gasteiger partial charge in [0.15, 0.2) is 17.5 Å². The van der Waals surface area contributed by atoms with Crippen LogP contribution in [0, 0.1) is 11.3 Å². The second kappa shape index (κ2) is 12.2. The summed E-state index contributed by atoms with van der Waals surface area (Å²) in [6.07, 6.45) is 1.83. The minimum atomic E-state index is 0.614. The normalized spacial score (nSPS) is 11.2. The molecule has 232 valence electrons. The van der Waals surface area contributed by atoms with E-state index in [2.05, 4.69) is 72.8 Å². The van der Waals surface area contributed by atoms with Crippen molar-refractivity contribution in [1.82, 2.24) is 19.9 Å². The third-order valence-corrected chi connectivity index (χ3v) is 9.16. The Bertz CT molecular complexity index is 2710. The van der Waals surface area contributed by atoms with E-state index in [1.165, 1.54) is 0 Å². The molecular weight excluding hydrogens is 611 g/mol. The van der Waals surface area contributed by atoms with Crippen LogP contribution in [0.2, 0.25) is 0 Å². The molecule has 0 radical (unpaired) electrons. The molecular formula is C45H27N5. The summed E-state index contributed by atoms with van der Waals surface area (Å²) in [7, 11) is 0. The lowest BCUT2D eigenvalue weighted by Gasteiger charge is -2.16. The first-order valence-electron chi connectivity index (χ1n) is 16.4. The second-order valence-corrected chi connectivity index (χ2v) is 12.2. The van der Waals surface area contributed by atoms with Crippen LogP contribution >= 0.6 is 0 Å². The van der Waals surface area contributed by atoms with Gasteiger partial charge in [0.1, 0.15) is 0 Å². The highest BCUT2D eigenvalue weighted by Gasteiger charge is 2.17. The van der Waals surface area contributed by atoms with Crippen LogP contribution < -0.4 is 0 Å². The van der Waals surface area contributed by atoms with Gasteiger partial charge in [-0.1, -0.05) is 121 Å². The Morgan fingerprint density at radius 3 is 1.60 bits per heavy atom. The lowest BCUT2D eigenvalue weighted by molar-refractivity contribution is 1.07. The molecule has 0 saturated carbocycles. The molecule has 0 aliphatic rings. The van der Waals surface area contributed by atoms with Gasteiger partial charge in [0, 0.05) is 33.8 Å². The Balaban J connectivity index is 1.26. The molecule has 2 aromatic heterocycles. The van der Waals surface area contributed by atoms with E-state index in [1.54, 1.807) is 0 Å². The van der Waals surface area contributed by atoms with Crippen LogP contribution in [0.1, 0.15) is 5.56 Å². The van der Waals surface area contributed by atoms with Crippen LogP contribution in [0.5, 0.6) is 0 Å². The first-order chi connectivity index (χ1) is 24.7. The van der Waals surface area contributed by atoms with Crippen LogP contribution in [-0.2, 0) is 0 Å². The molecule has 0 aliphatic carbocycles. The Morgan fingerprint density at radius 2 is 0.900 bits per heavy atom. The van der Waals surface area contributed by atoms with Gasteiger partial charge in [-0.05, 0) is 74.6 Å². The lowest BCUT2D eigenvalue weighted by atomic mass is 9.88. The average Bonchev–Trinajstić information content (AvgIpc) is 3.20. The van der Waals surface area contributed by atoms with Crippen molar-refractivity contribution in [1.29, 1.82) is 5.26 Å². The zero-order chi connectivity index (χ0) is 33.4. The van der Waals surface area contributed by atoms with Crippen LogP contribution in [0.25, 0.3) is 88.9 Å². The fourth-order valence-electron chi connectivity index (χ4n) is 6.80. The molecule has 9 aromatic rings. The van der Waals surface area contributed by atoms with Crippen molar-refractivity contribution >= 4 is 32.4 Å². The lowest BCUT2D eigenvalue weighted by Crippen LogP contribution is -2.00. The summed E-state index contributed by atoms with van der Waals surface area (Å²) in [4.78, 5) is 19.7. The Kier molecular flexibility index (Phi) is 7.11. The van der Waals surface area contributed by atoms with Crippen LogP contribution in [0.15, 0.2) is 164 Å². The number of fused-ring (bicyclic) bond motifs is 5. The Labute approximate surface area is 288 Å². The SMILES string of the molecule is N#Cc1cccc(-c2cc3c4ccccc4c(-c4cccc(-c5nc(-c6ccccc6)nc(-c6ccccc6)n5)c4)cc3c3cccnc23)c1. The maximum Gasteiger partial charge on any atom is 0.164 e. The van der Waals surface area contributed by atoms with Crippen molar-refractivity contribution in [2.24, 2.45) is 0 Å². The number of hydrogen-bond donors (Lipinski definition) is 0. The number of aromatic nitrogens is 4. The standard InChI is InChI=1S/C45H27N5/c46-28-29-12-9-17-32(24-29)39-27-40-36-21-8-7-20-35(36)38(26-41(40)37-22-11-23-47-42(37)39)33-18-10-19-34(25-33)45-49-43(30-13-3-1-4-14-30)48-44(50-45)31-15-5-2-6-16-31/h1-27H. The van der Waals surface area contributed by atoms with Crippen LogP contribution in [0.3, 0.4) is 0 Å². The van der Waals surface area contributed by atoms with E-state index in [9.17, 15) is 5.26 Å². The highest BCUT2D eigenvalue weighted by atomic mass is 15.0. The zero-order valence-electron chi connectivity index (χ0n) is 26.8. The molecule has 5 nitrogen and oxygen atoms in total. The molecule has 7 aromatic carbocycles. The van der Waals surface area contributed by atoms with Crippen molar-refractivity contribution in [3.05, 3.63) is 169 Å². The molecule has 0 aliphatic heterocycles. The van der Waals surface area contributed by atoms with Gasteiger partial charge in [-0.3, -0.25) is 4.98 Å². The second-order valence-electron chi connectivity index (χ2n) is 12.2. The van der Waals surface area contributed by atoms with Gasteiger partial charge in [0.25, 0.3) is 0 Å². The van der Waals surface area contributed by atoms with Gasteiger partial charge in [-0.25, -0.2) is 15.0 Å². The summed E-state index contributed by atoms with van der Waals surface area (Å²) in [5.74, 6) is 1.88. The zero-order valence-corrected chi connectivity index (χ0v) is 26.8. The molecule has 0 saturated heterocycles. The van der Waals surface area contributed by atoms with Crippen LogP contribution in [0.4, 0.5) is 0 Å². The number of nitrogens with zero attached hydrogens (tertiary/aromatic N) is 5. The fourth-order valence-corrected chi connectivity index (χ4v) is 6.80. The molecule has 0 atom stereocenters. The van der Waals surface area contributed by atoms with Crippen molar-refractivity contribution in [2.45, 2.75) is 0 Å². The van der Waals surface area contributed by atoms with E-state index in [1.807, 2.05) is 97.2 Å². The minimum absolute atomic E-state index is 0.614. The third kappa shape index (κ3) is 5.13. The number of hydrogen-bond acceptors (Lipinski definition) is 5. The van der Waals surface area contributed by atoms with Crippen LogP contribution in [-0.4, -0.2) is 19.9 Å². The molecule has 0 fully saturated rings. The van der Waals surface area contributed by atoms with Gasteiger partial charge in [-0.15, -0.1) is 0 Å². The van der Waals surface area contributed by atoms with Gasteiger partial charge in [0.05, 0.1) is 17.1 Å². The maximum atomic E-state index is 9.62. The molecule has 50 heavy (non-hydrogen) atoms. The smallest absolute Gasteiger partial charge is 0.164 e. The van der Waals surface area contributed by atoms with E-state index in [0.717, 1.165) is 71.4 Å². The molecule has 0 bridgehead atoms. The summed E-state index contributed by atoms with van der Waals surface area (Å²) in [5, 5.41) is 15.2. The molecule has 9 rings (SSSR count). The number of nitriles is 1. The summed E-state index contributed by atoms with van der Waals surface area (Å²) < 4.78 is 0. The van der Waals surface area contributed by atoms with E-state index in [0.29, 0.717) is 23.0 Å². The van der Waals surface area contributed by atoms with E-state index >= 15 is 0 Å². The van der Waals surface area contributed by atoms with Crippen molar-refractivity contribution in [2.75, 3.05) is 0 Å². The third-order valence-electron chi connectivity index (χ3n) is 9.16. The van der Waals surface area contributed by atoms with Gasteiger partial charge in [-0.2, -0.15) is 5.26 Å². The molecule has 2 heterocycles. The van der Waals surface area contributed by atoms with Crippen molar-refractivity contribution in [3.8, 4) is 62.5 Å². The first-order valence-corrected chi connectivity index (χ1v) is 16.4. The van der Waals surface area contributed by atoms with E-state index in [-0.39, 0.29) is 0 Å². The summed E-state index contributed by atoms with van der Waals surface area (Å²) in [6, 6.07) is 55.8. The highest BCUT2D eigenvalue weighted by molar-refractivity contribution is 6.23. The minimum Gasteiger partial charge on any atom is -0.256 e. The summed E-state index contributed by atoms with van der Waals surface area (Å²) >= 11 is 0. The predicted octanol–water partition coefficient (Wildman–Crippen LogP) is 10.9. The largest absolute Gasteiger partial charge is 0.256 e. The molecule has 0 amide bonds. The van der Waals surface area contributed by atoms with Crippen molar-refractivity contribution in [3.63, 3.8) is 0 Å². The molecule has 0 spiro atoms. The molecule has 5 heteroatoms. The fraction of sp³-hybridized carbons (Fsp3) is 0. The summed E-state index contributed by atoms with van der Waals surface area (Å²) in [6.45, 7) is 0. The predicted molar refractivity (Wildman–Crippen MR) is 202 cm³/mol. The highest BCUT2D eigenvalue weighted by Crippen LogP contribution is 2.41. The van der Waals surface area contributed by atoms with E-state index < -0.39 is 0 Å². The maximum absolute atomic E-state index is 9.62. The Hall–Kier alpha value is -7.03. The quantitative estimate of drug-likeness (QED) is 0.176. The van der Waals surface area contributed by atoms with Gasteiger partial charge in [0.2, 0.25) is 0 Å². The van der Waals surface area contributed by atoms with Gasteiger partial charge >= 0.3 is 0 Å². The monoisotopic (exact) mass is 637 g/mol. The Morgan fingerprint density at radius 1 is 0.380 bits per heavy atom. The summed E-state index contributed by atoms with van der Waals surface area (Å²) in [5.41, 5.74) is 8.44. The average molecular weight is 638 g/mol.